The van der Waals surface area contributed by atoms with Crippen molar-refractivity contribution < 1.29 is 28.6 Å². The second-order valence-corrected chi connectivity index (χ2v) is 13.6. The summed E-state index contributed by atoms with van der Waals surface area (Å²) < 4.78 is 16.6. The maximum atomic E-state index is 12.2. The Morgan fingerprint density at radius 3 is 2.43 bits per heavy atom. The van der Waals surface area contributed by atoms with E-state index >= 15 is 0 Å². The van der Waals surface area contributed by atoms with Crippen molar-refractivity contribution in [3.8, 4) is 5.75 Å². The SMILES string of the molecule is COC(=O)[C@H](CCO[Si](C)(C)C(C)(C)C)NCC(=CC(=O)O)Oc1ccccc1Cl. The molecule has 30 heavy (non-hydrogen) atoms. The van der Waals surface area contributed by atoms with Gasteiger partial charge in [-0.2, -0.15) is 0 Å². The van der Waals surface area contributed by atoms with Gasteiger partial charge in [-0.3, -0.25) is 10.1 Å². The van der Waals surface area contributed by atoms with Crippen LogP contribution in [0, 0.1) is 0 Å². The molecule has 0 spiro atoms. The maximum absolute atomic E-state index is 12.2. The van der Waals surface area contributed by atoms with Crippen molar-refractivity contribution in [1.82, 2.24) is 5.32 Å². The molecule has 0 aliphatic rings. The number of hydrogen-bond donors (Lipinski definition) is 2. The first-order chi connectivity index (χ1) is 13.9. The molecular formula is C21H32ClNO6Si. The number of rotatable bonds is 11. The molecule has 168 valence electrons. The summed E-state index contributed by atoms with van der Waals surface area (Å²) in [4.78, 5) is 23.4. The van der Waals surface area contributed by atoms with Crippen molar-refractivity contribution in [3.63, 3.8) is 0 Å². The van der Waals surface area contributed by atoms with Crippen LogP contribution in [0.1, 0.15) is 27.2 Å². The highest BCUT2D eigenvalue weighted by atomic mass is 35.5. The lowest BCUT2D eigenvalue weighted by atomic mass is 10.2. The first-order valence-corrected chi connectivity index (χ1v) is 13.0. The average molecular weight is 458 g/mol. The Hall–Kier alpha value is -1.87. The Morgan fingerprint density at radius 2 is 1.90 bits per heavy atom. The first-order valence-electron chi connectivity index (χ1n) is 9.68. The number of methoxy groups -OCH3 is 1. The summed E-state index contributed by atoms with van der Waals surface area (Å²) in [6, 6.07) is 6.06. The number of carbonyl (C=O) groups excluding carboxylic acids is 1. The number of nitrogens with one attached hydrogen (secondary N) is 1. The molecule has 0 bridgehead atoms. The standard InChI is InChI=1S/C21H32ClNO6Si/c1-21(2,3)30(5,6)28-12-11-17(20(26)27-4)23-14-15(13-19(24)25)29-18-10-8-7-9-16(18)22/h7-10,13,17,23H,11-12,14H2,1-6H3,(H,24,25)/t17-/m0/s1. The summed E-state index contributed by atoms with van der Waals surface area (Å²) in [6.45, 7) is 11.1. The number of aliphatic carboxylic acids is 1. The molecule has 0 radical (unpaired) electrons. The van der Waals surface area contributed by atoms with Crippen LogP contribution in [0.5, 0.6) is 5.75 Å². The molecular weight excluding hydrogens is 426 g/mol. The molecule has 0 aliphatic heterocycles. The van der Waals surface area contributed by atoms with E-state index in [0.717, 1.165) is 6.08 Å². The van der Waals surface area contributed by atoms with Gasteiger partial charge in [-0.25, -0.2) is 4.79 Å². The molecule has 0 aliphatic carbocycles. The fraction of sp³-hybridized carbons (Fsp3) is 0.524. The van der Waals surface area contributed by atoms with Crippen LogP contribution in [0.15, 0.2) is 36.1 Å². The quantitative estimate of drug-likeness (QED) is 0.222. The summed E-state index contributed by atoms with van der Waals surface area (Å²) in [7, 11) is -0.643. The van der Waals surface area contributed by atoms with E-state index in [-0.39, 0.29) is 17.3 Å². The molecule has 1 aromatic carbocycles. The molecule has 1 atom stereocenters. The number of halogens is 1. The third-order valence-corrected chi connectivity index (χ3v) is 9.90. The number of ether oxygens (including phenoxy) is 2. The highest BCUT2D eigenvalue weighted by molar-refractivity contribution is 6.74. The fourth-order valence-corrected chi connectivity index (χ4v) is 3.48. The minimum Gasteiger partial charge on any atom is -0.478 e. The number of carbonyl (C=O) groups is 2. The molecule has 0 aromatic heterocycles. The fourth-order valence-electron chi connectivity index (χ4n) is 2.24. The Balaban J connectivity index is 2.81. The molecule has 0 fully saturated rings. The highest BCUT2D eigenvalue weighted by Gasteiger charge is 2.37. The van der Waals surface area contributed by atoms with Gasteiger partial charge in [0.2, 0.25) is 0 Å². The smallest absolute Gasteiger partial charge is 0.331 e. The molecule has 0 unspecified atom stereocenters. The van der Waals surface area contributed by atoms with Crippen LogP contribution in [-0.4, -0.2) is 51.7 Å². The topological polar surface area (TPSA) is 94.1 Å². The van der Waals surface area contributed by atoms with Crippen LogP contribution in [0.2, 0.25) is 23.2 Å². The predicted molar refractivity (Wildman–Crippen MR) is 119 cm³/mol. The third-order valence-electron chi connectivity index (χ3n) is 5.05. The van der Waals surface area contributed by atoms with Crippen LogP contribution >= 0.6 is 11.6 Å². The van der Waals surface area contributed by atoms with Crippen molar-refractivity contribution in [2.24, 2.45) is 0 Å². The lowest BCUT2D eigenvalue weighted by molar-refractivity contribution is -0.143. The van der Waals surface area contributed by atoms with Crippen molar-refractivity contribution in [1.29, 1.82) is 0 Å². The minimum absolute atomic E-state index is 0.00260. The first kappa shape index (κ1) is 26.2. The van der Waals surface area contributed by atoms with E-state index in [4.69, 9.17) is 30.6 Å². The lowest BCUT2D eigenvalue weighted by Gasteiger charge is -2.36. The van der Waals surface area contributed by atoms with Gasteiger partial charge in [0.15, 0.2) is 8.32 Å². The van der Waals surface area contributed by atoms with E-state index in [2.05, 4.69) is 39.2 Å². The van der Waals surface area contributed by atoms with Gasteiger partial charge in [0.25, 0.3) is 0 Å². The second kappa shape index (κ2) is 11.5. The van der Waals surface area contributed by atoms with E-state index < -0.39 is 26.3 Å². The number of carboxylic acid groups (broad SMARTS) is 1. The van der Waals surface area contributed by atoms with Gasteiger partial charge < -0.3 is 19.0 Å². The summed E-state index contributed by atoms with van der Waals surface area (Å²) in [5.74, 6) is -1.20. The molecule has 1 aromatic rings. The van der Waals surface area contributed by atoms with Crippen LogP contribution < -0.4 is 10.1 Å². The Bertz CT molecular complexity index is 760. The molecule has 9 heteroatoms. The van der Waals surface area contributed by atoms with Gasteiger partial charge in [0, 0.05) is 6.61 Å². The van der Waals surface area contributed by atoms with Crippen molar-refractivity contribution in [2.45, 2.75) is 51.4 Å². The maximum Gasteiger partial charge on any atom is 0.331 e. The zero-order chi connectivity index (χ0) is 22.9. The molecule has 7 nitrogen and oxygen atoms in total. The lowest BCUT2D eigenvalue weighted by Crippen LogP contribution is -2.44. The van der Waals surface area contributed by atoms with E-state index in [1.54, 1.807) is 24.3 Å². The van der Waals surface area contributed by atoms with E-state index in [9.17, 15) is 9.59 Å². The molecule has 0 heterocycles. The summed E-state index contributed by atoms with van der Waals surface area (Å²) >= 11 is 6.08. The number of carboxylic acids is 1. The largest absolute Gasteiger partial charge is 0.478 e. The van der Waals surface area contributed by atoms with Gasteiger partial charge in [-0.1, -0.05) is 44.5 Å². The van der Waals surface area contributed by atoms with Gasteiger partial charge in [-0.15, -0.1) is 0 Å². The molecule has 1 rings (SSSR count). The molecule has 0 amide bonds. The molecule has 2 N–H and O–H groups in total. The Morgan fingerprint density at radius 1 is 1.27 bits per heavy atom. The van der Waals surface area contributed by atoms with Crippen LogP contribution in [0.3, 0.4) is 0 Å². The number of esters is 1. The zero-order valence-electron chi connectivity index (χ0n) is 18.5. The normalized spacial score (nSPS) is 13.6. The van der Waals surface area contributed by atoms with Crippen molar-refractivity contribution >= 4 is 31.9 Å². The van der Waals surface area contributed by atoms with Gasteiger partial charge in [0.05, 0.1) is 24.8 Å². The van der Waals surface area contributed by atoms with Gasteiger partial charge in [0.1, 0.15) is 17.6 Å². The molecule has 0 saturated heterocycles. The monoisotopic (exact) mass is 457 g/mol. The molecule has 0 saturated carbocycles. The summed E-state index contributed by atoms with van der Waals surface area (Å²) in [5.41, 5.74) is 0. The Labute approximate surface area is 184 Å². The number of para-hydroxylation sites is 1. The number of benzene rings is 1. The average Bonchev–Trinajstić information content (AvgIpc) is 2.64. The van der Waals surface area contributed by atoms with E-state index in [1.165, 1.54) is 7.11 Å². The van der Waals surface area contributed by atoms with Crippen molar-refractivity contribution in [3.05, 3.63) is 41.1 Å². The Kier molecular flexibility index (Phi) is 10.0. The van der Waals surface area contributed by atoms with E-state index in [0.29, 0.717) is 23.8 Å². The predicted octanol–water partition coefficient (Wildman–Crippen LogP) is 4.23. The van der Waals surface area contributed by atoms with Gasteiger partial charge >= 0.3 is 11.9 Å². The van der Waals surface area contributed by atoms with E-state index in [1.807, 2.05) is 0 Å². The van der Waals surface area contributed by atoms with Crippen molar-refractivity contribution in [2.75, 3.05) is 20.3 Å². The zero-order valence-corrected chi connectivity index (χ0v) is 20.2. The van der Waals surface area contributed by atoms with Gasteiger partial charge in [-0.05, 0) is 36.7 Å². The third kappa shape index (κ3) is 8.47. The number of hydrogen-bond acceptors (Lipinski definition) is 6. The minimum atomic E-state index is -1.95. The van der Waals surface area contributed by atoms with Crippen LogP contribution in [0.4, 0.5) is 0 Å². The van der Waals surface area contributed by atoms with Crippen LogP contribution in [-0.2, 0) is 18.8 Å². The highest BCUT2D eigenvalue weighted by Crippen LogP contribution is 2.36. The summed E-state index contributed by atoms with van der Waals surface area (Å²) in [6.07, 6.45) is 1.31. The van der Waals surface area contributed by atoms with Crippen LogP contribution in [0.25, 0.3) is 0 Å². The second-order valence-electron chi connectivity index (χ2n) is 8.34. The summed E-state index contributed by atoms with van der Waals surface area (Å²) in [5, 5.41) is 12.5.